The molecule has 9 heteroatoms. The van der Waals surface area contributed by atoms with Crippen molar-refractivity contribution in [1.29, 1.82) is 0 Å². The van der Waals surface area contributed by atoms with E-state index in [-0.39, 0.29) is 11.7 Å². The molecule has 0 aliphatic heterocycles. The highest BCUT2D eigenvalue weighted by atomic mass is 19.1. The van der Waals surface area contributed by atoms with Crippen LogP contribution in [0.3, 0.4) is 0 Å². The minimum absolute atomic E-state index is 0.0747. The molecule has 2 heterocycles. The van der Waals surface area contributed by atoms with Crippen molar-refractivity contribution < 1.29 is 9.18 Å². The maximum Gasteiger partial charge on any atom is 0.253 e. The van der Waals surface area contributed by atoms with Crippen LogP contribution in [0.4, 0.5) is 16.0 Å². The number of carbonyl (C=O) groups is 1. The summed E-state index contributed by atoms with van der Waals surface area (Å²) >= 11 is 0. The Bertz CT molecular complexity index is 1150. The lowest BCUT2D eigenvalue weighted by atomic mass is 10.2. The summed E-state index contributed by atoms with van der Waals surface area (Å²) in [5.41, 5.74) is 2.75. The van der Waals surface area contributed by atoms with E-state index in [0.29, 0.717) is 28.4 Å². The fourth-order valence-corrected chi connectivity index (χ4v) is 2.65. The molecule has 0 aliphatic carbocycles. The highest BCUT2D eigenvalue weighted by molar-refractivity contribution is 5.94. The summed E-state index contributed by atoms with van der Waals surface area (Å²) in [4.78, 5) is 22.1. The van der Waals surface area contributed by atoms with Crippen molar-refractivity contribution in [3.63, 3.8) is 0 Å². The highest BCUT2D eigenvalue weighted by Gasteiger charge is 2.12. The first-order chi connectivity index (χ1) is 13.5. The number of hydrogen-bond donors (Lipinski definition) is 1. The molecule has 0 aliphatic rings. The van der Waals surface area contributed by atoms with Gasteiger partial charge in [-0.2, -0.15) is 9.67 Å². The van der Waals surface area contributed by atoms with Gasteiger partial charge in [0.25, 0.3) is 5.91 Å². The summed E-state index contributed by atoms with van der Waals surface area (Å²) in [6, 6.07) is 13.0. The van der Waals surface area contributed by atoms with Crippen molar-refractivity contribution in [3.05, 3.63) is 66.1 Å². The fourth-order valence-electron chi connectivity index (χ4n) is 2.65. The summed E-state index contributed by atoms with van der Waals surface area (Å²) < 4.78 is 15.0. The first-order valence-corrected chi connectivity index (χ1v) is 8.44. The Morgan fingerprint density at radius 2 is 1.93 bits per heavy atom. The topological polar surface area (TPSA) is 88.8 Å². The van der Waals surface area contributed by atoms with Gasteiger partial charge in [-0.15, -0.1) is 5.10 Å². The molecule has 0 unspecified atom stereocenters. The quantitative estimate of drug-likeness (QED) is 0.588. The monoisotopic (exact) mass is 377 g/mol. The second-order valence-electron chi connectivity index (χ2n) is 6.29. The van der Waals surface area contributed by atoms with E-state index in [9.17, 15) is 9.18 Å². The Balaban J connectivity index is 1.63. The Labute approximate surface area is 159 Å². The molecule has 0 fully saturated rings. The normalized spacial score (nSPS) is 10.8. The van der Waals surface area contributed by atoms with Gasteiger partial charge in [-0.25, -0.2) is 9.37 Å². The van der Waals surface area contributed by atoms with Crippen molar-refractivity contribution in [1.82, 2.24) is 29.9 Å². The predicted molar refractivity (Wildman–Crippen MR) is 102 cm³/mol. The Hall–Kier alpha value is -3.88. The van der Waals surface area contributed by atoms with Crippen molar-refractivity contribution in [3.8, 4) is 5.69 Å². The molecule has 8 nitrogen and oxygen atoms in total. The Morgan fingerprint density at radius 3 is 2.64 bits per heavy atom. The number of benzene rings is 2. The third-order valence-electron chi connectivity index (χ3n) is 4.04. The molecule has 4 rings (SSSR count). The zero-order valence-electron chi connectivity index (χ0n) is 15.2. The van der Waals surface area contributed by atoms with Crippen molar-refractivity contribution in [2.75, 3.05) is 19.4 Å². The Morgan fingerprint density at radius 1 is 1.14 bits per heavy atom. The third-order valence-corrected chi connectivity index (χ3v) is 4.04. The van der Waals surface area contributed by atoms with Crippen molar-refractivity contribution in [2.24, 2.45) is 0 Å². The second-order valence-corrected chi connectivity index (χ2v) is 6.29. The smallest absolute Gasteiger partial charge is 0.253 e. The Kier molecular flexibility index (Phi) is 4.40. The third kappa shape index (κ3) is 3.37. The number of nitrogens with one attached hydrogen (secondary N) is 1. The van der Waals surface area contributed by atoms with Crippen LogP contribution in [0.5, 0.6) is 0 Å². The number of nitrogens with zero attached hydrogens (tertiary/aromatic N) is 6. The number of amides is 1. The molecule has 4 aromatic rings. The van der Waals surface area contributed by atoms with Crippen LogP contribution < -0.4 is 5.32 Å². The van der Waals surface area contributed by atoms with Crippen LogP contribution in [-0.2, 0) is 0 Å². The van der Waals surface area contributed by atoms with Gasteiger partial charge in [-0.1, -0.05) is 11.3 Å². The van der Waals surface area contributed by atoms with Gasteiger partial charge < -0.3 is 10.2 Å². The summed E-state index contributed by atoms with van der Waals surface area (Å²) in [6.45, 7) is 0. The second kappa shape index (κ2) is 7.03. The first kappa shape index (κ1) is 17.5. The molecule has 0 saturated heterocycles. The molecule has 1 N–H and O–H groups in total. The van der Waals surface area contributed by atoms with E-state index in [4.69, 9.17) is 0 Å². The van der Waals surface area contributed by atoms with Gasteiger partial charge in [0.2, 0.25) is 5.95 Å². The van der Waals surface area contributed by atoms with Gasteiger partial charge >= 0.3 is 0 Å². The number of aromatic nitrogens is 5. The van der Waals surface area contributed by atoms with Gasteiger partial charge in [0.15, 0.2) is 11.2 Å². The summed E-state index contributed by atoms with van der Waals surface area (Å²) in [6.07, 6.45) is 1.54. The maximum absolute atomic E-state index is 13.5. The molecule has 1 amide bonds. The fraction of sp³-hybridized carbons (Fsp3) is 0.105. The standard InChI is InChI=1S/C19H16FN7O/c1-26(2)18(28)12-6-8-14(9-7-12)22-19-21-11-16-17(23-19)27(25-24-16)15-5-3-4-13(20)10-15/h3-11H,1-2H3,(H,21,22,23). The van der Waals surface area contributed by atoms with Gasteiger partial charge in [0, 0.05) is 25.3 Å². The lowest BCUT2D eigenvalue weighted by Crippen LogP contribution is -2.21. The molecule has 0 bridgehead atoms. The van der Waals surface area contributed by atoms with Gasteiger partial charge in [0.05, 0.1) is 11.9 Å². The summed E-state index contributed by atoms with van der Waals surface area (Å²) in [5.74, 6) is -0.116. The number of anilines is 2. The average Bonchev–Trinajstić information content (AvgIpc) is 3.11. The van der Waals surface area contributed by atoms with Crippen LogP contribution >= 0.6 is 0 Å². The molecule has 0 radical (unpaired) electrons. The van der Waals surface area contributed by atoms with Crippen LogP contribution in [0.2, 0.25) is 0 Å². The number of hydrogen-bond acceptors (Lipinski definition) is 6. The van der Waals surface area contributed by atoms with E-state index < -0.39 is 0 Å². The predicted octanol–water partition coefficient (Wildman–Crippen LogP) is 2.80. The zero-order valence-corrected chi connectivity index (χ0v) is 15.2. The summed E-state index contributed by atoms with van der Waals surface area (Å²) in [7, 11) is 3.40. The molecule has 140 valence electrons. The highest BCUT2D eigenvalue weighted by Crippen LogP contribution is 2.19. The van der Waals surface area contributed by atoms with Crippen LogP contribution in [0.15, 0.2) is 54.7 Å². The van der Waals surface area contributed by atoms with Gasteiger partial charge in [0.1, 0.15) is 5.82 Å². The van der Waals surface area contributed by atoms with Crippen LogP contribution in [0.1, 0.15) is 10.4 Å². The number of halogens is 1. The molecule has 0 spiro atoms. The molecule has 0 saturated carbocycles. The first-order valence-electron chi connectivity index (χ1n) is 8.44. The van der Waals surface area contributed by atoms with E-state index in [0.717, 1.165) is 5.69 Å². The van der Waals surface area contributed by atoms with Crippen molar-refractivity contribution in [2.45, 2.75) is 0 Å². The van der Waals surface area contributed by atoms with Crippen LogP contribution in [0.25, 0.3) is 16.9 Å². The number of fused-ring (bicyclic) bond motifs is 1. The zero-order chi connectivity index (χ0) is 19.7. The van der Waals surface area contributed by atoms with Crippen LogP contribution in [-0.4, -0.2) is 49.9 Å². The number of carbonyl (C=O) groups excluding carboxylic acids is 1. The van der Waals surface area contributed by atoms with E-state index in [1.807, 2.05) is 0 Å². The minimum atomic E-state index is -0.374. The molecule has 28 heavy (non-hydrogen) atoms. The largest absolute Gasteiger partial charge is 0.345 e. The summed E-state index contributed by atoms with van der Waals surface area (Å²) in [5, 5.41) is 11.1. The minimum Gasteiger partial charge on any atom is -0.345 e. The molecule has 0 atom stereocenters. The molecule has 2 aromatic heterocycles. The SMILES string of the molecule is CN(C)C(=O)c1ccc(Nc2ncc3nnn(-c4cccc(F)c4)c3n2)cc1. The van der Waals surface area contributed by atoms with E-state index in [1.165, 1.54) is 27.9 Å². The van der Waals surface area contributed by atoms with Crippen LogP contribution in [0, 0.1) is 5.82 Å². The lowest BCUT2D eigenvalue weighted by Gasteiger charge is -2.11. The molecule has 2 aromatic carbocycles. The van der Waals surface area contributed by atoms with Gasteiger partial charge in [-0.3, -0.25) is 4.79 Å². The number of rotatable bonds is 4. The van der Waals surface area contributed by atoms with Crippen molar-refractivity contribution >= 4 is 28.7 Å². The maximum atomic E-state index is 13.5. The van der Waals surface area contributed by atoms with Gasteiger partial charge in [-0.05, 0) is 42.5 Å². The van der Waals surface area contributed by atoms with E-state index in [2.05, 4.69) is 25.6 Å². The molecular weight excluding hydrogens is 361 g/mol. The average molecular weight is 377 g/mol. The molecular formula is C19H16FN7O. The van der Waals surface area contributed by atoms with E-state index >= 15 is 0 Å². The van der Waals surface area contributed by atoms with E-state index in [1.54, 1.807) is 50.5 Å². The lowest BCUT2D eigenvalue weighted by molar-refractivity contribution is 0.0827.